The van der Waals surface area contributed by atoms with Gasteiger partial charge in [0.25, 0.3) is 5.91 Å². The molecular formula is C23H23ClN2O3. The number of hydrogen-bond donors (Lipinski definition) is 0. The second-order valence-corrected chi connectivity index (χ2v) is 7.74. The Morgan fingerprint density at radius 2 is 2.03 bits per heavy atom. The van der Waals surface area contributed by atoms with Crippen molar-refractivity contribution in [3.8, 4) is 0 Å². The Morgan fingerprint density at radius 3 is 2.76 bits per heavy atom. The number of rotatable bonds is 5. The molecule has 150 valence electrons. The van der Waals surface area contributed by atoms with E-state index in [4.69, 9.17) is 16.0 Å². The minimum atomic E-state index is -0.123. The minimum absolute atomic E-state index is 0.0438. The van der Waals surface area contributed by atoms with Crippen molar-refractivity contribution in [2.75, 3.05) is 18.5 Å². The van der Waals surface area contributed by atoms with E-state index in [0.717, 1.165) is 35.1 Å². The van der Waals surface area contributed by atoms with Crippen molar-refractivity contribution in [1.82, 2.24) is 4.90 Å². The van der Waals surface area contributed by atoms with Crippen LogP contribution in [0.15, 0.2) is 46.9 Å². The Morgan fingerprint density at radius 1 is 1.24 bits per heavy atom. The molecule has 2 aromatic carbocycles. The standard InChI is InChI=1S/C23H23ClN2O3/c1-3-20-17(16-7-4-5-8-21(16)29-20)14-25(2)23(28)15-10-11-18(24)19(13-15)26-12-6-9-22(26)27/h4-5,7-8,10-11,13H,3,6,9,12,14H2,1-2H3. The summed E-state index contributed by atoms with van der Waals surface area (Å²) >= 11 is 6.31. The maximum absolute atomic E-state index is 13.1. The molecular weight excluding hydrogens is 388 g/mol. The first-order valence-corrected chi connectivity index (χ1v) is 10.2. The highest BCUT2D eigenvalue weighted by Gasteiger charge is 2.25. The number of carbonyl (C=O) groups is 2. The fourth-order valence-electron chi connectivity index (χ4n) is 3.89. The summed E-state index contributed by atoms with van der Waals surface area (Å²) in [5, 5.41) is 1.51. The fourth-order valence-corrected chi connectivity index (χ4v) is 4.11. The fraction of sp³-hybridized carbons (Fsp3) is 0.304. The third-order valence-electron chi connectivity index (χ3n) is 5.40. The van der Waals surface area contributed by atoms with E-state index in [1.54, 1.807) is 35.0 Å². The van der Waals surface area contributed by atoms with Crippen LogP contribution < -0.4 is 4.90 Å². The monoisotopic (exact) mass is 410 g/mol. The lowest BCUT2D eigenvalue weighted by Gasteiger charge is -2.21. The number of benzene rings is 2. The van der Waals surface area contributed by atoms with Gasteiger partial charge in [0, 0.05) is 49.5 Å². The summed E-state index contributed by atoms with van der Waals surface area (Å²) in [5.74, 6) is 0.814. The van der Waals surface area contributed by atoms with Gasteiger partial charge in [-0.05, 0) is 30.7 Å². The number of nitrogens with zero attached hydrogens (tertiary/aromatic N) is 2. The van der Waals surface area contributed by atoms with E-state index in [-0.39, 0.29) is 11.8 Å². The van der Waals surface area contributed by atoms with E-state index in [9.17, 15) is 9.59 Å². The van der Waals surface area contributed by atoms with Gasteiger partial charge in [0.1, 0.15) is 11.3 Å². The van der Waals surface area contributed by atoms with Crippen LogP contribution in [0.2, 0.25) is 5.02 Å². The van der Waals surface area contributed by atoms with E-state index in [1.807, 2.05) is 31.2 Å². The Labute approximate surface area is 174 Å². The maximum atomic E-state index is 13.1. The van der Waals surface area contributed by atoms with Crippen LogP contribution in [0.5, 0.6) is 0 Å². The summed E-state index contributed by atoms with van der Waals surface area (Å²) in [6.07, 6.45) is 2.08. The molecule has 29 heavy (non-hydrogen) atoms. The molecule has 0 atom stereocenters. The van der Waals surface area contributed by atoms with E-state index in [0.29, 0.717) is 35.8 Å². The Bertz CT molecular complexity index is 1090. The van der Waals surface area contributed by atoms with Gasteiger partial charge in [0.05, 0.1) is 10.7 Å². The zero-order chi connectivity index (χ0) is 20.5. The van der Waals surface area contributed by atoms with Crippen molar-refractivity contribution in [2.45, 2.75) is 32.7 Å². The van der Waals surface area contributed by atoms with Crippen molar-refractivity contribution < 1.29 is 14.0 Å². The summed E-state index contributed by atoms with van der Waals surface area (Å²) < 4.78 is 5.95. The molecule has 1 aliphatic rings. The molecule has 1 aliphatic heterocycles. The molecule has 0 bridgehead atoms. The van der Waals surface area contributed by atoms with Crippen LogP contribution in [0.4, 0.5) is 5.69 Å². The maximum Gasteiger partial charge on any atom is 0.253 e. The highest BCUT2D eigenvalue weighted by atomic mass is 35.5. The van der Waals surface area contributed by atoms with Crippen molar-refractivity contribution in [2.24, 2.45) is 0 Å². The van der Waals surface area contributed by atoms with Crippen LogP contribution in [0.1, 0.15) is 41.4 Å². The van der Waals surface area contributed by atoms with Crippen LogP contribution in [0.3, 0.4) is 0 Å². The number of hydrogen-bond acceptors (Lipinski definition) is 3. The first-order valence-electron chi connectivity index (χ1n) is 9.84. The van der Waals surface area contributed by atoms with Crippen LogP contribution in [-0.4, -0.2) is 30.3 Å². The van der Waals surface area contributed by atoms with Gasteiger partial charge in [-0.3, -0.25) is 9.59 Å². The van der Waals surface area contributed by atoms with Crippen molar-refractivity contribution in [3.63, 3.8) is 0 Å². The van der Waals surface area contributed by atoms with Gasteiger partial charge in [0.15, 0.2) is 0 Å². The average Bonchev–Trinajstić information content (AvgIpc) is 3.31. The van der Waals surface area contributed by atoms with Crippen molar-refractivity contribution >= 4 is 40.1 Å². The number of anilines is 1. The molecule has 5 nitrogen and oxygen atoms in total. The Balaban J connectivity index is 1.61. The molecule has 2 amide bonds. The Kier molecular flexibility index (Phi) is 5.33. The molecule has 1 aromatic heterocycles. The summed E-state index contributed by atoms with van der Waals surface area (Å²) in [4.78, 5) is 28.6. The molecule has 0 N–H and O–H groups in total. The number of amides is 2. The van der Waals surface area contributed by atoms with E-state index in [1.165, 1.54) is 0 Å². The molecule has 0 saturated carbocycles. The molecule has 1 fully saturated rings. The molecule has 0 aliphatic carbocycles. The molecule has 3 aromatic rings. The molecule has 6 heteroatoms. The number of carbonyl (C=O) groups excluding carboxylic acids is 2. The number of halogens is 1. The van der Waals surface area contributed by atoms with E-state index in [2.05, 4.69) is 0 Å². The Hall–Kier alpha value is -2.79. The number of para-hydroxylation sites is 1. The first-order chi connectivity index (χ1) is 14.0. The van der Waals surface area contributed by atoms with E-state index < -0.39 is 0 Å². The third kappa shape index (κ3) is 3.62. The minimum Gasteiger partial charge on any atom is -0.461 e. The van der Waals surface area contributed by atoms with Crippen LogP contribution in [-0.2, 0) is 17.8 Å². The number of furan rings is 1. The second-order valence-electron chi connectivity index (χ2n) is 7.33. The van der Waals surface area contributed by atoms with Gasteiger partial charge in [0.2, 0.25) is 5.91 Å². The average molecular weight is 411 g/mol. The predicted octanol–water partition coefficient (Wildman–Crippen LogP) is 5.05. The van der Waals surface area contributed by atoms with Gasteiger partial charge in [-0.15, -0.1) is 0 Å². The third-order valence-corrected chi connectivity index (χ3v) is 5.72. The zero-order valence-electron chi connectivity index (χ0n) is 16.6. The predicted molar refractivity (Wildman–Crippen MR) is 114 cm³/mol. The van der Waals surface area contributed by atoms with Gasteiger partial charge in [-0.2, -0.15) is 0 Å². The summed E-state index contributed by atoms with van der Waals surface area (Å²) in [5.41, 5.74) is 2.98. The normalized spacial score (nSPS) is 14.0. The largest absolute Gasteiger partial charge is 0.461 e. The number of fused-ring (bicyclic) bond motifs is 1. The van der Waals surface area contributed by atoms with Gasteiger partial charge >= 0.3 is 0 Å². The summed E-state index contributed by atoms with van der Waals surface area (Å²) in [6.45, 7) is 3.12. The zero-order valence-corrected chi connectivity index (χ0v) is 17.3. The highest BCUT2D eigenvalue weighted by molar-refractivity contribution is 6.34. The van der Waals surface area contributed by atoms with Gasteiger partial charge in [-0.25, -0.2) is 0 Å². The molecule has 0 spiro atoms. The lowest BCUT2D eigenvalue weighted by molar-refractivity contribution is -0.117. The van der Waals surface area contributed by atoms with Crippen LogP contribution in [0.25, 0.3) is 11.0 Å². The summed E-state index contributed by atoms with van der Waals surface area (Å²) in [7, 11) is 1.78. The van der Waals surface area contributed by atoms with Gasteiger partial charge < -0.3 is 14.2 Å². The highest BCUT2D eigenvalue weighted by Crippen LogP contribution is 2.31. The molecule has 2 heterocycles. The van der Waals surface area contributed by atoms with Crippen molar-refractivity contribution in [3.05, 3.63) is 64.4 Å². The number of aryl methyl sites for hydroxylation is 1. The van der Waals surface area contributed by atoms with Crippen LogP contribution in [0, 0.1) is 0 Å². The van der Waals surface area contributed by atoms with Crippen molar-refractivity contribution in [1.29, 1.82) is 0 Å². The molecule has 4 rings (SSSR count). The SMILES string of the molecule is CCc1oc2ccccc2c1CN(C)C(=O)c1ccc(Cl)c(N2CCCC2=O)c1. The lowest BCUT2D eigenvalue weighted by atomic mass is 10.1. The summed E-state index contributed by atoms with van der Waals surface area (Å²) in [6, 6.07) is 13.0. The quantitative estimate of drug-likeness (QED) is 0.591. The molecule has 0 unspecified atom stereocenters. The second kappa shape index (κ2) is 7.91. The van der Waals surface area contributed by atoms with Gasteiger partial charge in [-0.1, -0.05) is 36.7 Å². The molecule has 1 saturated heterocycles. The molecule has 0 radical (unpaired) electrons. The first kappa shape index (κ1) is 19.5. The lowest BCUT2D eigenvalue weighted by Crippen LogP contribution is -2.28. The van der Waals surface area contributed by atoms with Crippen LogP contribution >= 0.6 is 11.6 Å². The topological polar surface area (TPSA) is 53.8 Å². The van der Waals surface area contributed by atoms with E-state index >= 15 is 0 Å². The smallest absolute Gasteiger partial charge is 0.253 e.